The number of nitrogens with one attached hydrogen (secondary N) is 1. The van der Waals surface area contributed by atoms with Crippen LogP contribution in [0.25, 0.3) is 0 Å². The molecule has 3 N–H and O–H groups in total. The van der Waals surface area contributed by atoms with E-state index in [1.165, 1.54) is 10.5 Å². The Morgan fingerprint density at radius 1 is 1.44 bits per heavy atom. The highest BCUT2D eigenvalue weighted by Gasteiger charge is 2.12. The second-order valence-corrected chi connectivity index (χ2v) is 4.21. The Bertz CT molecular complexity index is 388. The number of hydrogen-bond acceptors (Lipinski definition) is 2. The molecule has 1 aromatic carbocycles. The van der Waals surface area contributed by atoms with Crippen molar-refractivity contribution >= 4 is 11.7 Å². The van der Waals surface area contributed by atoms with Crippen LogP contribution in [0.1, 0.15) is 30.9 Å². The van der Waals surface area contributed by atoms with Crippen LogP contribution in [0.2, 0.25) is 0 Å². The van der Waals surface area contributed by atoms with Crippen molar-refractivity contribution in [3.05, 3.63) is 29.3 Å². The molecule has 0 bridgehead atoms. The number of rotatable bonds is 2. The Hall–Kier alpha value is -1.55. The summed E-state index contributed by atoms with van der Waals surface area (Å²) in [6.07, 6.45) is 0. The molecule has 0 unspecified atom stereocenters. The van der Waals surface area contributed by atoms with Crippen LogP contribution in [0.3, 0.4) is 0 Å². The Kier molecular flexibility index (Phi) is 3.90. The van der Waals surface area contributed by atoms with Gasteiger partial charge in [0.2, 0.25) is 0 Å². The second-order valence-electron chi connectivity index (χ2n) is 4.21. The summed E-state index contributed by atoms with van der Waals surface area (Å²) in [4.78, 5) is 13.0. The first-order valence-corrected chi connectivity index (χ1v) is 5.32. The third-order valence-corrected chi connectivity index (χ3v) is 2.69. The number of nitrogens with two attached hydrogens (primary N) is 1. The zero-order valence-corrected chi connectivity index (χ0v) is 10.2. The molecule has 0 atom stereocenters. The lowest BCUT2D eigenvalue weighted by Crippen LogP contribution is -2.41. The maximum Gasteiger partial charge on any atom is 0.335 e. The van der Waals surface area contributed by atoms with Crippen molar-refractivity contribution in [3.63, 3.8) is 0 Å². The quantitative estimate of drug-likeness (QED) is 0.456. The number of carbonyl (C=O) groups is 1. The van der Waals surface area contributed by atoms with Gasteiger partial charge in [0, 0.05) is 12.7 Å². The van der Waals surface area contributed by atoms with E-state index in [0.29, 0.717) is 5.92 Å². The number of amides is 2. The van der Waals surface area contributed by atoms with Crippen LogP contribution in [-0.4, -0.2) is 13.1 Å². The van der Waals surface area contributed by atoms with Crippen molar-refractivity contribution in [2.75, 3.05) is 11.9 Å². The van der Waals surface area contributed by atoms with Crippen molar-refractivity contribution < 1.29 is 4.79 Å². The number of nitrogens with zero attached hydrogens (tertiary/aromatic N) is 1. The first kappa shape index (κ1) is 12.5. The van der Waals surface area contributed by atoms with Crippen LogP contribution >= 0.6 is 0 Å². The molecule has 0 radical (unpaired) electrons. The summed E-state index contributed by atoms with van der Waals surface area (Å²) in [5.41, 5.74) is 5.27. The van der Waals surface area contributed by atoms with E-state index in [1.54, 1.807) is 7.05 Å². The van der Waals surface area contributed by atoms with Gasteiger partial charge in [-0.25, -0.2) is 10.6 Å². The number of aryl methyl sites for hydroxylation is 1. The lowest BCUT2D eigenvalue weighted by molar-refractivity contribution is 0.247. The molecule has 0 saturated carbocycles. The van der Waals surface area contributed by atoms with Crippen molar-refractivity contribution in [2.24, 2.45) is 5.84 Å². The normalized spacial score (nSPS) is 10.4. The molecular formula is C12H19N3O. The zero-order chi connectivity index (χ0) is 12.3. The van der Waals surface area contributed by atoms with E-state index in [9.17, 15) is 4.79 Å². The van der Waals surface area contributed by atoms with Gasteiger partial charge in [0.1, 0.15) is 0 Å². The molecule has 4 heteroatoms. The molecule has 0 spiro atoms. The van der Waals surface area contributed by atoms with E-state index in [4.69, 9.17) is 5.84 Å². The maximum atomic E-state index is 11.4. The van der Waals surface area contributed by atoms with Gasteiger partial charge in [-0.3, -0.25) is 10.3 Å². The van der Waals surface area contributed by atoms with E-state index >= 15 is 0 Å². The number of urea groups is 1. The molecule has 0 saturated heterocycles. The minimum atomic E-state index is -0.316. The molecular weight excluding hydrogens is 202 g/mol. The van der Waals surface area contributed by atoms with Gasteiger partial charge in [-0.1, -0.05) is 26.0 Å². The molecule has 0 heterocycles. The van der Waals surface area contributed by atoms with Gasteiger partial charge in [0.05, 0.1) is 0 Å². The number of hydrazine groups is 1. The third kappa shape index (κ3) is 2.52. The lowest BCUT2D eigenvalue weighted by Gasteiger charge is -2.20. The summed E-state index contributed by atoms with van der Waals surface area (Å²) in [7, 11) is 1.70. The summed E-state index contributed by atoms with van der Waals surface area (Å²) >= 11 is 0. The van der Waals surface area contributed by atoms with Crippen LogP contribution in [-0.2, 0) is 0 Å². The first-order valence-electron chi connectivity index (χ1n) is 5.32. The second kappa shape index (κ2) is 4.99. The highest BCUT2D eigenvalue weighted by atomic mass is 16.2. The topological polar surface area (TPSA) is 58.4 Å². The zero-order valence-electron chi connectivity index (χ0n) is 10.2. The largest absolute Gasteiger partial charge is 0.335 e. The summed E-state index contributed by atoms with van der Waals surface area (Å²) < 4.78 is 0. The van der Waals surface area contributed by atoms with Gasteiger partial charge in [-0.05, 0) is 30.0 Å². The molecule has 4 nitrogen and oxygen atoms in total. The lowest BCUT2D eigenvalue weighted by atomic mass is 10.0. The summed E-state index contributed by atoms with van der Waals surface area (Å²) in [6, 6.07) is 5.81. The molecule has 0 aromatic heterocycles. The van der Waals surface area contributed by atoms with E-state index in [-0.39, 0.29) is 6.03 Å². The van der Waals surface area contributed by atoms with Crippen LogP contribution in [0, 0.1) is 6.92 Å². The van der Waals surface area contributed by atoms with Gasteiger partial charge >= 0.3 is 6.03 Å². The fraction of sp³-hybridized carbons (Fsp3) is 0.417. The monoisotopic (exact) mass is 221 g/mol. The number of anilines is 1. The number of carbonyl (C=O) groups excluding carboxylic acids is 1. The first-order chi connectivity index (χ1) is 7.47. The molecule has 0 aliphatic heterocycles. The Morgan fingerprint density at radius 3 is 2.56 bits per heavy atom. The highest BCUT2D eigenvalue weighted by Crippen LogP contribution is 2.24. The van der Waals surface area contributed by atoms with E-state index < -0.39 is 0 Å². The van der Waals surface area contributed by atoms with Crippen molar-refractivity contribution in [1.29, 1.82) is 0 Å². The maximum absolute atomic E-state index is 11.4. The summed E-state index contributed by atoms with van der Waals surface area (Å²) in [5.74, 6) is 5.56. The Balaban J connectivity index is 3.11. The molecule has 88 valence electrons. The molecule has 1 rings (SSSR count). The number of benzene rings is 1. The standard InChI is InChI=1S/C12H19N3O/c1-8(2)10-6-5-9(3)11(7-10)15(4)12(16)14-13/h5-8H,13H2,1-4H3,(H,14,16). The molecule has 0 aliphatic rings. The van der Waals surface area contributed by atoms with E-state index in [2.05, 4.69) is 25.3 Å². The smallest absolute Gasteiger partial charge is 0.296 e. The molecule has 0 aliphatic carbocycles. The fourth-order valence-electron chi connectivity index (χ4n) is 1.55. The minimum Gasteiger partial charge on any atom is -0.296 e. The van der Waals surface area contributed by atoms with Crippen molar-refractivity contribution in [3.8, 4) is 0 Å². The average Bonchev–Trinajstić information content (AvgIpc) is 2.27. The van der Waals surface area contributed by atoms with Crippen LogP contribution in [0.5, 0.6) is 0 Å². The molecule has 16 heavy (non-hydrogen) atoms. The molecule has 0 fully saturated rings. The minimum absolute atomic E-state index is 0.316. The van der Waals surface area contributed by atoms with E-state index in [1.807, 2.05) is 19.1 Å². The van der Waals surface area contributed by atoms with Gasteiger partial charge in [-0.2, -0.15) is 0 Å². The van der Waals surface area contributed by atoms with Crippen LogP contribution in [0.4, 0.5) is 10.5 Å². The highest BCUT2D eigenvalue weighted by molar-refractivity contribution is 5.91. The van der Waals surface area contributed by atoms with Crippen LogP contribution < -0.4 is 16.2 Å². The molecule has 2 amide bonds. The van der Waals surface area contributed by atoms with Crippen molar-refractivity contribution in [2.45, 2.75) is 26.7 Å². The van der Waals surface area contributed by atoms with E-state index in [0.717, 1.165) is 11.3 Å². The fourth-order valence-corrected chi connectivity index (χ4v) is 1.55. The van der Waals surface area contributed by atoms with Gasteiger partial charge in [0.25, 0.3) is 0 Å². The van der Waals surface area contributed by atoms with Gasteiger partial charge in [0.15, 0.2) is 0 Å². The summed E-state index contributed by atoms with van der Waals surface area (Å²) in [6.45, 7) is 6.22. The van der Waals surface area contributed by atoms with Crippen molar-refractivity contribution in [1.82, 2.24) is 5.43 Å². The summed E-state index contributed by atoms with van der Waals surface area (Å²) in [5, 5.41) is 0. The Morgan fingerprint density at radius 2 is 2.06 bits per heavy atom. The SMILES string of the molecule is Cc1ccc(C(C)C)cc1N(C)C(=O)NN. The predicted octanol–water partition coefficient (Wildman–Crippen LogP) is 2.14. The Labute approximate surface area is 96.4 Å². The number of hydrogen-bond donors (Lipinski definition) is 2. The molecule has 1 aromatic rings. The van der Waals surface area contributed by atoms with Gasteiger partial charge in [-0.15, -0.1) is 0 Å². The third-order valence-electron chi connectivity index (χ3n) is 2.69. The van der Waals surface area contributed by atoms with Gasteiger partial charge < -0.3 is 0 Å². The van der Waals surface area contributed by atoms with Crippen LogP contribution in [0.15, 0.2) is 18.2 Å². The predicted molar refractivity (Wildman–Crippen MR) is 66.4 cm³/mol. The average molecular weight is 221 g/mol.